The van der Waals surface area contributed by atoms with Gasteiger partial charge in [0, 0.05) is 26.1 Å². The second-order valence-electron chi connectivity index (χ2n) is 4.39. The molecule has 1 aliphatic heterocycles. The molecule has 1 heterocycles. The van der Waals surface area contributed by atoms with E-state index in [1.807, 2.05) is 0 Å². The van der Waals surface area contributed by atoms with Crippen LogP contribution in [-0.4, -0.2) is 38.0 Å². The maximum Gasteiger partial charge on any atom is 0.222 e. The van der Waals surface area contributed by atoms with Gasteiger partial charge in [-0.15, -0.1) is 0 Å². The molecule has 0 aromatic carbocycles. The monoisotopic (exact) mass is 168 g/mol. The average molecular weight is 168 g/mol. The summed E-state index contributed by atoms with van der Waals surface area (Å²) in [6, 6.07) is 0. The minimum Gasteiger partial charge on any atom is -0.359 e. The molecule has 1 amide bonds. The fourth-order valence-corrected chi connectivity index (χ4v) is 2.73. The van der Waals surface area contributed by atoms with E-state index < -0.39 is 0 Å². The fraction of sp³-hybridized carbons (Fsp3) is 0.889. The first-order chi connectivity index (χ1) is 5.65. The van der Waals surface area contributed by atoms with Crippen LogP contribution in [0.5, 0.6) is 0 Å². The Kier molecular flexibility index (Phi) is 1.65. The number of rotatable bonds is 1. The van der Waals surface area contributed by atoms with Crippen molar-refractivity contribution in [1.29, 1.82) is 0 Å². The molecule has 0 radical (unpaired) electrons. The first-order valence-corrected chi connectivity index (χ1v) is 4.55. The molecule has 2 rings (SSSR count). The van der Waals surface area contributed by atoms with Crippen LogP contribution in [0, 0.1) is 11.3 Å². The zero-order chi connectivity index (χ0) is 8.77. The van der Waals surface area contributed by atoms with Gasteiger partial charge in [-0.1, -0.05) is 0 Å². The number of nitrogens with one attached hydrogen (secondary N) is 1. The molecular formula is C9H16N2O. The van der Waals surface area contributed by atoms with Crippen molar-refractivity contribution < 1.29 is 4.79 Å². The summed E-state index contributed by atoms with van der Waals surface area (Å²) in [5.41, 5.74) is 0.534. The van der Waals surface area contributed by atoms with Crippen molar-refractivity contribution in [2.75, 3.05) is 27.2 Å². The normalized spacial score (nSPS) is 27.8. The predicted molar refractivity (Wildman–Crippen MR) is 46.7 cm³/mol. The maximum absolute atomic E-state index is 11.2. The van der Waals surface area contributed by atoms with Gasteiger partial charge in [-0.3, -0.25) is 4.79 Å². The predicted octanol–water partition coefficient (Wildman–Crippen LogP) is 0.0742. The summed E-state index contributed by atoms with van der Waals surface area (Å²) in [5, 5.41) is 2.71. The minimum atomic E-state index is 0.232. The second kappa shape index (κ2) is 2.46. The Bertz CT molecular complexity index is 201. The topological polar surface area (TPSA) is 32.3 Å². The van der Waals surface area contributed by atoms with Gasteiger partial charge in [-0.2, -0.15) is 0 Å². The third kappa shape index (κ3) is 1.04. The van der Waals surface area contributed by atoms with Crippen molar-refractivity contribution in [1.82, 2.24) is 10.2 Å². The van der Waals surface area contributed by atoms with Crippen molar-refractivity contribution in [3.63, 3.8) is 0 Å². The molecular weight excluding hydrogens is 152 g/mol. The van der Waals surface area contributed by atoms with Crippen molar-refractivity contribution in [2.45, 2.75) is 12.8 Å². The SMILES string of the molecule is CNC(=O)C1CC2(C1)CN(C)C2. The lowest BCUT2D eigenvalue weighted by Crippen LogP contribution is -2.62. The van der Waals surface area contributed by atoms with E-state index in [2.05, 4.69) is 17.3 Å². The molecule has 0 aromatic heterocycles. The smallest absolute Gasteiger partial charge is 0.222 e. The number of carbonyl (C=O) groups excluding carboxylic acids is 1. The molecule has 2 aliphatic rings. The molecule has 1 saturated heterocycles. The molecule has 3 heteroatoms. The van der Waals surface area contributed by atoms with E-state index in [-0.39, 0.29) is 5.91 Å². The van der Waals surface area contributed by atoms with Crippen molar-refractivity contribution in [3.8, 4) is 0 Å². The van der Waals surface area contributed by atoms with E-state index in [1.165, 1.54) is 13.1 Å². The standard InChI is InChI=1S/C9H16N2O/c1-10-8(12)7-3-9(4-7)5-11(2)6-9/h7H,3-6H2,1-2H3,(H,10,12). The average Bonchev–Trinajstić information content (AvgIpc) is 1.92. The van der Waals surface area contributed by atoms with E-state index >= 15 is 0 Å². The summed E-state index contributed by atoms with van der Waals surface area (Å²) in [5.74, 6) is 0.541. The molecule has 1 spiro atoms. The van der Waals surface area contributed by atoms with Crippen LogP contribution in [0.4, 0.5) is 0 Å². The lowest BCUT2D eigenvalue weighted by molar-refractivity contribution is -0.141. The molecule has 0 bridgehead atoms. The van der Waals surface area contributed by atoms with Gasteiger partial charge in [0.1, 0.15) is 0 Å². The highest BCUT2D eigenvalue weighted by molar-refractivity contribution is 5.79. The number of likely N-dealkylation sites (tertiary alicyclic amines) is 1. The summed E-state index contributed by atoms with van der Waals surface area (Å²) in [6.07, 6.45) is 2.22. The van der Waals surface area contributed by atoms with Crippen LogP contribution < -0.4 is 5.32 Å². The molecule has 1 saturated carbocycles. The summed E-state index contributed by atoms with van der Waals surface area (Å²) in [6.45, 7) is 2.39. The maximum atomic E-state index is 11.2. The van der Waals surface area contributed by atoms with Gasteiger partial charge in [-0.05, 0) is 25.3 Å². The summed E-state index contributed by atoms with van der Waals surface area (Å²) >= 11 is 0. The van der Waals surface area contributed by atoms with Crippen LogP contribution in [-0.2, 0) is 4.79 Å². The molecule has 12 heavy (non-hydrogen) atoms. The number of hydrogen-bond donors (Lipinski definition) is 1. The Morgan fingerprint density at radius 3 is 2.50 bits per heavy atom. The van der Waals surface area contributed by atoms with Gasteiger partial charge < -0.3 is 10.2 Å². The van der Waals surface area contributed by atoms with Gasteiger partial charge in [0.15, 0.2) is 0 Å². The first kappa shape index (κ1) is 8.05. The van der Waals surface area contributed by atoms with Crippen molar-refractivity contribution in [2.24, 2.45) is 11.3 Å². The van der Waals surface area contributed by atoms with Crippen LogP contribution in [0.1, 0.15) is 12.8 Å². The third-order valence-electron chi connectivity index (χ3n) is 3.19. The molecule has 2 fully saturated rings. The largest absolute Gasteiger partial charge is 0.359 e. The van der Waals surface area contributed by atoms with E-state index in [4.69, 9.17) is 0 Å². The Morgan fingerprint density at radius 2 is 2.08 bits per heavy atom. The zero-order valence-electron chi connectivity index (χ0n) is 7.76. The number of hydrogen-bond acceptors (Lipinski definition) is 2. The number of nitrogens with zero attached hydrogens (tertiary/aromatic N) is 1. The summed E-state index contributed by atoms with van der Waals surface area (Å²) in [7, 11) is 3.86. The van der Waals surface area contributed by atoms with E-state index in [0.717, 1.165) is 12.8 Å². The summed E-state index contributed by atoms with van der Waals surface area (Å²) < 4.78 is 0. The fourth-order valence-electron chi connectivity index (χ4n) is 2.73. The molecule has 68 valence electrons. The van der Waals surface area contributed by atoms with Crippen molar-refractivity contribution >= 4 is 5.91 Å². The van der Waals surface area contributed by atoms with Crippen LogP contribution in [0.2, 0.25) is 0 Å². The second-order valence-corrected chi connectivity index (χ2v) is 4.39. The Hall–Kier alpha value is -0.570. The minimum absolute atomic E-state index is 0.232. The molecule has 0 unspecified atom stereocenters. The molecule has 1 N–H and O–H groups in total. The summed E-state index contributed by atoms with van der Waals surface area (Å²) in [4.78, 5) is 13.5. The Morgan fingerprint density at radius 1 is 1.50 bits per heavy atom. The number of carbonyl (C=O) groups is 1. The van der Waals surface area contributed by atoms with E-state index in [9.17, 15) is 4.79 Å². The van der Waals surface area contributed by atoms with Crippen LogP contribution in [0.15, 0.2) is 0 Å². The first-order valence-electron chi connectivity index (χ1n) is 4.55. The highest BCUT2D eigenvalue weighted by atomic mass is 16.1. The Balaban J connectivity index is 1.81. The van der Waals surface area contributed by atoms with Gasteiger partial charge in [-0.25, -0.2) is 0 Å². The van der Waals surface area contributed by atoms with Crippen LogP contribution in [0.3, 0.4) is 0 Å². The molecule has 3 nitrogen and oxygen atoms in total. The van der Waals surface area contributed by atoms with E-state index in [1.54, 1.807) is 7.05 Å². The van der Waals surface area contributed by atoms with Crippen molar-refractivity contribution in [3.05, 3.63) is 0 Å². The lowest BCUT2D eigenvalue weighted by Gasteiger charge is -2.57. The lowest BCUT2D eigenvalue weighted by atomic mass is 9.57. The highest BCUT2D eigenvalue weighted by Crippen LogP contribution is 2.51. The third-order valence-corrected chi connectivity index (χ3v) is 3.19. The highest BCUT2D eigenvalue weighted by Gasteiger charge is 2.52. The Labute approximate surface area is 73.1 Å². The van der Waals surface area contributed by atoms with Crippen LogP contribution >= 0.6 is 0 Å². The van der Waals surface area contributed by atoms with Gasteiger partial charge in [0.05, 0.1) is 0 Å². The van der Waals surface area contributed by atoms with E-state index in [0.29, 0.717) is 11.3 Å². The van der Waals surface area contributed by atoms with Gasteiger partial charge in [0.2, 0.25) is 5.91 Å². The zero-order valence-corrected chi connectivity index (χ0v) is 7.76. The number of amides is 1. The quantitative estimate of drug-likeness (QED) is 0.601. The molecule has 1 aliphatic carbocycles. The molecule has 0 atom stereocenters. The van der Waals surface area contributed by atoms with Gasteiger partial charge in [0.25, 0.3) is 0 Å². The molecule has 0 aromatic rings. The van der Waals surface area contributed by atoms with Crippen LogP contribution in [0.25, 0.3) is 0 Å². The van der Waals surface area contributed by atoms with Gasteiger partial charge >= 0.3 is 0 Å².